The minimum atomic E-state index is -1.10. The predicted molar refractivity (Wildman–Crippen MR) is 169 cm³/mol. The van der Waals surface area contributed by atoms with E-state index in [0.29, 0.717) is 11.5 Å². The number of para-hydroxylation sites is 1. The highest BCUT2D eigenvalue weighted by atomic mass is 16.5. The molecule has 44 heavy (non-hydrogen) atoms. The van der Waals surface area contributed by atoms with E-state index in [1.807, 2.05) is 55.5 Å². The molecule has 0 spiro atoms. The van der Waals surface area contributed by atoms with Crippen molar-refractivity contribution in [1.29, 1.82) is 0 Å². The number of ether oxygens (including phenoxy) is 2. The maximum Gasteiger partial charge on any atom is 0.337 e. The van der Waals surface area contributed by atoms with Crippen molar-refractivity contribution in [2.45, 2.75) is 51.2 Å². The zero-order chi connectivity index (χ0) is 30.9. The van der Waals surface area contributed by atoms with Crippen LogP contribution in [0.4, 0.5) is 16.2 Å². The van der Waals surface area contributed by atoms with E-state index in [2.05, 4.69) is 16.0 Å². The zero-order valence-electron chi connectivity index (χ0n) is 24.4. The Morgan fingerprint density at radius 1 is 0.750 bits per heavy atom. The Labute approximate surface area is 256 Å². The van der Waals surface area contributed by atoms with E-state index in [1.54, 1.807) is 42.5 Å². The van der Waals surface area contributed by atoms with Crippen LogP contribution in [0, 0.1) is 6.92 Å². The van der Waals surface area contributed by atoms with E-state index in [-0.39, 0.29) is 41.8 Å². The quantitative estimate of drug-likeness (QED) is 0.154. The van der Waals surface area contributed by atoms with Crippen LogP contribution in [0.1, 0.15) is 47.2 Å². The van der Waals surface area contributed by atoms with E-state index < -0.39 is 5.97 Å². The molecule has 9 heteroatoms. The fraction of sp³-hybridized carbons (Fsp3) is 0.229. The number of carbonyl (C=O) groups excluding carboxylic acids is 2. The van der Waals surface area contributed by atoms with Crippen LogP contribution in [-0.2, 0) is 11.2 Å². The monoisotopic (exact) mass is 593 g/mol. The maximum atomic E-state index is 12.5. The average molecular weight is 594 g/mol. The maximum absolute atomic E-state index is 12.5. The van der Waals surface area contributed by atoms with Gasteiger partial charge in [-0.15, -0.1) is 0 Å². The SMILES string of the molecule is Cc1ccc(NC(=O)NC2CCC(Oc3ccc(Oc4ccc(CC(=O)Nc5ccccc5C(=O)O)cc4)cc3)CC2)cc1. The molecule has 4 aromatic carbocycles. The van der Waals surface area contributed by atoms with Crippen molar-refractivity contribution in [3.05, 3.63) is 114 Å². The molecule has 0 atom stereocenters. The molecule has 0 aromatic heterocycles. The molecule has 1 fully saturated rings. The van der Waals surface area contributed by atoms with Gasteiger partial charge in [0, 0.05) is 11.7 Å². The van der Waals surface area contributed by atoms with Gasteiger partial charge in [-0.2, -0.15) is 0 Å². The normalized spacial score (nSPS) is 15.9. The molecule has 0 aliphatic heterocycles. The number of anilines is 2. The third-order valence-corrected chi connectivity index (χ3v) is 7.40. The van der Waals surface area contributed by atoms with Gasteiger partial charge in [-0.3, -0.25) is 4.79 Å². The topological polar surface area (TPSA) is 126 Å². The molecule has 1 aliphatic rings. The lowest BCUT2D eigenvalue weighted by atomic mass is 9.93. The van der Waals surface area contributed by atoms with Crippen molar-refractivity contribution >= 4 is 29.3 Å². The molecule has 0 saturated heterocycles. The standard InChI is InChI=1S/C35H35N3O6/c1-23-6-10-25(11-7-23)36-35(42)37-26-12-16-28(17-13-26)44-30-20-18-29(19-21-30)43-27-14-8-24(9-15-27)22-33(39)38-32-5-3-2-4-31(32)34(40)41/h2-11,14-15,18-21,26,28H,12-13,16-17,22H2,1H3,(H,38,39)(H,40,41)(H2,36,37,42). The minimum Gasteiger partial charge on any atom is -0.490 e. The molecule has 0 radical (unpaired) electrons. The lowest BCUT2D eigenvalue weighted by Gasteiger charge is -2.29. The van der Waals surface area contributed by atoms with Crippen molar-refractivity contribution in [2.24, 2.45) is 0 Å². The third-order valence-electron chi connectivity index (χ3n) is 7.40. The van der Waals surface area contributed by atoms with E-state index >= 15 is 0 Å². The molecule has 0 bridgehead atoms. The van der Waals surface area contributed by atoms with Crippen LogP contribution in [0.25, 0.3) is 0 Å². The first-order chi connectivity index (χ1) is 21.3. The number of aryl methyl sites for hydroxylation is 1. The van der Waals surface area contributed by atoms with Gasteiger partial charge >= 0.3 is 12.0 Å². The lowest BCUT2D eigenvalue weighted by molar-refractivity contribution is -0.115. The van der Waals surface area contributed by atoms with Crippen molar-refractivity contribution < 1.29 is 29.0 Å². The Morgan fingerprint density at radius 3 is 2.02 bits per heavy atom. The molecule has 3 amide bonds. The number of benzene rings is 4. The zero-order valence-corrected chi connectivity index (χ0v) is 24.4. The van der Waals surface area contributed by atoms with Crippen molar-refractivity contribution in [1.82, 2.24) is 5.32 Å². The molecule has 5 rings (SSSR count). The largest absolute Gasteiger partial charge is 0.490 e. The van der Waals surface area contributed by atoms with Gasteiger partial charge in [0.2, 0.25) is 5.91 Å². The van der Waals surface area contributed by atoms with Crippen LogP contribution in [0.5, 0.6) is 17.2 Å². The summed E-state index contributed by atoms with van der Waals surface area (Å²) in [6.07, 6.45) is 3.58. The summed E-state index contributed by atoms with van der Waals surface area (Å²) in [6, 6.07) is 28.6. The summed E-state index contributed by atoms with van der Waals surface area (Å²) in [7, 11) is 0. The van der Waals surface area contributed by atoms with Gasteiger partial charge in [-0.25, -0.2) is 9.59 Å². The molecule has 4 N–H and O–H groups in total. The van der Waals surface area contributed by atoms with Gasteiger partial charge in [0.25, 0.3) is 0 Å². The molecule has 0 heterocycles. The molecule has 1 saturated carbocycles. The second kappa shape index (κ2) is 14.2. The average Bonchev–Trinajstić information content (AvgIpc) is 3.01. The highest BCUT2D eigenvalue weighted by Crippen LogP contribution is 2.28. The van der Waals surface area contributed by atoms with E-state index in [4.69, 9.17) is 9.47 Å². The number of carboxylic acids is 1. The van der Waals surface area contributed by atoms with Gasteiger partial charge in [0.05, 0.1) is 23.8 Å². The van der Waals surface area contributed by atoms with E-state index in [1.165, 1.54) is 6.07 Å². The first-order valence-corrected chi connectivity index (χ1v) is 14.6. The molecule has 9 nitrogen and oxygen atoms in total. The summed E-state index contributed by atoms with van der Waals surface area (Å²) in [5.41, 5.74) is 2.99. The highest BCUT2D eigenvalue weighted by Gasteiger charge is 2.24. The lowest BCUT2D eigenvalue weighted by Crippen LogP contribution is -2.41. The Hall–Kier alpha value is -5.31. The van der Waals surface area contributed by atoms with Gasteiger partial charge in [-0.1, -0.05) is 42.0 Å². The molecular weight excluding hydrogens is 558 g/mol. The molecule has 0 unspecified atom stereocenters. The van der Waals surface area contributed by atoms with Crippen molar-refractivity contribution in [3.8, 4) is 17.2 Å². The van der Waals surface area contributed by atoms with Crippen LogP contribution >= 0.6 is 0 Å². The van der Waals surface area contributed by atoms with Gasteiger partial charge < -0.3 is 30.5 Å². The smallest absolute Gasteiger partial charge is 0.337 e. The fourth-order valence-corrected chi connectivity index (χ4v) is 5.06. The number of carbonyl (C=O) groups is 3. The summed E-state index contributed by atoms with van der Waals surface area (Å²) in [5.74, 6) is 0.629. The first-order valence-electron chi connectivity index (χ1n) is 14.6. The van der Waals surface area contributed by atoms with Gasteiger partial charge in [-0.05, 0) is 98.8 Å². The Kier molecular flexibility index (Phi) is 9.76. The summed E-state index contributed by atoms with van der Waals surface area (Å²) in [5, 5.41) is 17.9. The molecule has 1 aliphatic carbocycles. The Balaban J connectivity index is 1.04. The van der Waals surface area contributed by atoms with Crippen LogP contribution in [0.3, 0.4) is 0 Å². The number of amides is 3. The van der Waals surface area contributed by atoms with Crippen LogP contribution < -0.4 is 25.4 Å². The van der Waals surface area contributed by atoms with Crippen molar-refractivity contribution in [2.75, 3.05) is 10.6 Å². The Bertz CT molecular complexity index is 1580. The number of rotatable bonds is 10. The van der Waals surface area contributed by atoms with Gasteiger partial charge in [0.15, 0.2) is 0 Å². The summed E-state index contributed by atoms with van der Waals surface area (Å²) in [4.78, 5) is 36.2. The number of urea groups is 1. The number of nitrogens with one attached hydrogen (secondary N) is 3. The number of carboxylic acid groups (broad SMARTS) is 1. The molecule has 4 aromatic rings. The summed E-state index contributed by atoms with van der Waals surface area (Å²) >= 11 is 0. The van der Waals surface area contributed by atoms with Crippen molar-refractivity contribution in [3.63, 3.8) is 0 Å². The second-order valence-corrected chi connectivity index (χ2v) is 10.8. The number of aromatic carboxylic acids is 1. The molecule has 226 valence electrons. The van der Waals surface area contributed by atoms with Gasteiger partial charge in [0.1, 0.15) is 17.2 Å². The minimum absolute atomic E-state index is 0.0429. The Morgan fingerprint density at radius 2 is 1.36 bits per heavy atom. The predicted octanol–water partition coefficient (Wildman–Crippen LogP) is 7.18. The summed E-state index contributed by atoms with van der Waals surface area (Å²) < 4.78 is 12.1. The fourth-order valence-electron chi connectivity index (χ4n) is 5.06. The van der Waals surface area contributed by atoms with Crippen LogP contribution in [0.15, 0.2) is 97.1 Å². The van der Waals surface area contributed by atoms with Crippen LogP contribution in [-0.4, -0.2) is 35.2 Å². The molecular formula is C35H35N3O6. The second-order valence-electron chi connectivity index (χ2n) is 10.8. The number of hydrogen-bond acceptors (Lipinski definition) is 5. The first kappa shape index (κ1) is 30.2. The third kappa shape index (κ3) is 8.61. The van der Waals surface area contributed by atoms with E-state index in [0.717, 1.165) is 48.2 Å². The van der Waals surface area contributed by atoms with E-state index in [9.17, 15) is 19.5 Å². The summed E-state index contributed by atoms with van der Waals surface area (Å²) in [6.45, 7) is 2.01. The van der Waals surface area contributed by atoms with Crippen LogP contribution in [0.2, 0.25) is 0 Å². The number of hydrogen-bond donors (Lipinski definition) is 4. The highest BCUT2D eigenvalue weighted by molar-refractivity contribution is 6.01.